The van der Waals surface area contributed by atoms with Gasteiger partial charge in [-0.1, -0.05) is 0 Å². The van der Waals surface area contributed by atoms with E-state index in [0.29, 0.717) is 5.56 Å². The lowest BCUT2D eigenvalue weighted by Gasteiger charge is -2.19. The number of hydrogen-bond donors (Lipinski definition) is 2. The van der Waals surface area contributed by atoms with Gasteiger partial charge < -0.3 is 10.8 Å². The van der Waals surface area contributed by atoms with Crippen LogP contribution in [-0.4, -0.2) is 16.1 Å². The highest BCUT2D eigenvalue weighted by Gasteiger charge is 2.44. The Hall–Kier alpha value is -1.63. The third-order valence-corrected chi connectivity index (χ3v) is 2.93. The number of halogens is 3. The van der Waals surface area contributed by atoms with E-state index >= 15 is 0 Å². The first-order chi connectivity index (χ1) is 7.75. The summed E-state index contributed by atoms with van der Waals surface area (Å²) < 4.78 is 37.2. The van der Waals surface area contributed by atoms with E-state index in [4.69, 9.17) is 10.8 Å². The molecule has 1 heterocycles. The van der Waals surface area contributed by atoms with Gasteiger partial charge in [-0.25, -0.2) is 4.79 Å². The van der Waals surface area contributed by atoms with Crippen molar-refractivity contribution in [1.82, 2.24) is 4.98 Å². The lowest BCUT2D eigenvalue weighted by Crippen LogP contribution is -2.42. The Kier molecular flexibility index (Phi) is 2.39. The first kappa shape index (κ1) is 11.8. The summed E-state index contributed by atoms with van der Waals surface area (Å²) in [5, 5.41) is 8.97. The summed E-state index contributed by atoms with van der Waals surface area (Å²) in [6.45, 7) is 0. The minimum atomic E-state index is -4.53. The SMILES string of the molecule is NC1(C(=O)O)CCc2cc(C(F)(F)F)ncc21. The fourth-order valence-corrected chi connectivity index (χ4v) is 1.95. The zero-order valence-electron chi connectivity index (χ0n) is 8.58. The Bertz CT molecular complexity index is 487. The average molecular weight is 246 g/mol. The predicted octanol–water partition coefficient (Wildman–Crippen LogP) is 1.29. The first-order valence-corrected chi connectivity index (χ1v) is 4.84. The average Bonchev–Trinajstić information content (AvgIpc) is 2.56. The number of aliphatic carboxylic acids is 1. The van der Waals surface area contributed by atoms with Crippen LogP contribution in [0.3, 0.4) is 0 Å². The molecule has 0 saturated heterocycles. The van der Waals surface area contributed by atoms with Gasteiger partial charge in [0.25, 0.3) is 0 Å². The van der Waals surface area contributed by atoms with E-state index in [-0.39, 0.29) is 18.4 Å². The molecule has 0 saturated carbocycles. The summed E-state index contributed by atoms with van der Waals surface area (Å²) in [5.74, 6) is -1.25. The van der Waals surface area contributed by atoms with Crippen LogP contribution in [0.5, 0.6) is 0 Å². The van der Waals surface area contributed by atoms with E-state index in [0.717, 1.165) is 12.3 Å². The molecule has 1 aromatic rings. The molecule has 2 rings (SSSR count). The lowest BCUT2D eigenvalue weighted by atomic mass is 9.94. The van der Waals surface area contributed by atoms with Crippen molar-refractivity contribution in [2.45, 2.75) is 24.6 Å². The van der Waals surface area contributed by atoms with E-state index in [1.807, 2.05) is 0 Å². The molecule has 0 amide bonds. The van der Waals surface area contributed by atoms with Crippen LogP contribution >= 0.6 is 0 Å². The highest BCUT2D eigenvalue weighted by Crippen LogP contribution is 2.37. The van der Waals surface area contributed by atoms with Gasteiger partial charge in [0.15, 0.2) is 0 Å². The fourth-order valence-electron chi connectivity index (χ4n) is 1.95. The van der Waals surface area contributed by atoms with Crippen molar-refractivity contribution in [3.05, 3.63) is 29.1 Å². The fraction of sp³-hybridized carbons (Fsp3) is 0.400. The number of aryl methyl sites for hydroxylation is 1. The number of fused-ring (bicyclic) bond motifs is 1. The van der Waals surface area contributed by atoms with Gasteiger partial charge in [-0.05, 0) is 24.5 Å². The Balaban J connectivity index is 2.49. The minimum absolute atomic E-state index is 0.0840. The highest BCUT2D eigenvalue weighted by molar-refractivity contribution is 5.82. The summed E-state index contributed by atoms with van der Waals surface area (Å²) in [5.41, 5.74) is 3.48. The van der Waals surface area contributed by atoms with Crippen molar-refractivity contribution in [3.63, 3.8) is 0 Å². The second kappa shape index (κ2) is 3.43. The Morgan fingerprint density at radius 2 is 2.18 bits per heavy atom. The van der Waals surface area contributed by atoms with E-state index in [2.05, 4.69) is 4.98 Å². The van der Waals surface area contributed by atoms with Crippen LogP contribution in [0.4, 0.5) is 13.2 Å². The van der Waals surface area contributed by atoms with Crippen LogP contribution in [-0.2, 0) is 22.9 Å². The molecule has 7 heteroatoms. The topological polar surface area (TPSA) is 76.2 Å². The first-order valence-electron chi connectivity index (χ1n) is 4.84. The third kappa shape index (κ3) is 1.76. The number of nitrogens with two attached hydrogens (primary N) is 1. The van der Waals surface area contributed by atoms with Crippen molar-refractivity contribution in [1.29, 1.82) is 0 Å². The predicted molar refractivity (Wildman–Crippen MR) is 51.1 cm³/mol. The van der Waals surface area contributed by atoms with Crippen LogP contribution in [0.25, 0.3) is 0 Å². The molecule has 17 heavy (non-hydrogen) atoms. The zero-order chi connectivity index (χ0) is 12.8. The quantitative estimate of drug-likeness (QED) is 0.782. The molecule has 3 N–H and O–H groups in total. The van der Waals surface area contributed by atoms with Gasteiger partial charge in [-0.2, -0.15) is 13.2 Å². The van der Waals surface area contributed by atoms with Gasteiger partial charge in [0.1, 0.15) is 11.2 Å². The monoisotopic (exact) mass is 246 g/mol. The van der Waals surface area contributed by atoms with Crippen LogP contribution in [0.1, 0.15) is 23.2 Å². The largest absolute Gasteiger partial charge is 0.480 e. The Morgan fingerprint density at radius 1 is 1.53 bits per heavy atom. The van der Waals surface area contributed by atoms with Crippen LogP contribution in [0.2, 0.25) is 0 Å². The molecule has 1 aromatic heterocycles. The molecular formula is C10H9F3N2O2. The van der Waals surface area contributed by atoms with Crippen molar-refractivity contribution in [2.24, 2.45) is 5.73 Å². The van der Waals surface area contributed by atoms with Gasteiger partial charge in [-0.3, -0.25) is 4.98 Å². The van der Waals surface area contributed by atoms with E-state index in [1.165, 1.54) is 0 Å². The van der Waals surface area contributed by atoms with Gasteiger partial charge >= 0.3 is 12.1 Å². The molecule has 0 aromatic carbocycles. The maximum atomic E-state index is 12.4. The lowest BCUT2D eigenvalue weighted by molar-refractivity contribution is -0.143. The molecule has 1 unspecified atom stereocenters. The molecule has 0 fully saturated rings. The summed E-state index contributed by atoms with van der Waals surface area (Å²) in [6.07, 6.45) is -3.32. The van der Waals surface area contributed by atoms with E-state index < -0.39 is 23.4 Å². The number of aromatic nitrogens is 1. The maximum Gasteiger partial charge on any atom is 0.433 e. The number of carboxylic acids is 1. The van der Waals surface area contributed by atoms with E-state index in [9.17, 15) is 18.0 Å². The molecule has 4 nitrogen and oxygen atoms in total. The number of alkyl halides is 3. The summed E-state index contributed by atoms with van der Waals surface area (Å²) in [4.78, 5) is 14.2. The van der Waals surface area contributed by atoms with E-state index in [1.54, 1.807) is 0 Å². The normalized spacial score (nSPS) is 23.5. The number of carbonyl (C=O) groups is 1. The summed E-state index contributed by atoms with van der Waals surface area (Å²) in [6, 6.07) is 0.868. The smallest absolute Gasteiger partial charge is 0.433 e. The molecule has 1 aliphatic carbocycles. The number of pyridine rings is 1. The molecule has 1 aliphatic rings. The van der Waals surface area contributed by atoms with Crippen LogP contribution in [0.15, 0.2) is 12.3 Å². The van der Waals surface area contributed by atoms with Gasteiger partial charge in [0.05, 0.1) is 0 Å². The van der Waals surface area contributed by atoms with Gasteiger partial charge in [0.2, 0.25) is 0 Å². The van der Waals surface area contributed by atoms with Gasteiger partial charge in [-0.15, -0.1) is 0 Å². The summed E-state index contributed by atoms with van der Waals surface area (Å²) >= 11 is 0. The molecule has 0 radical (unpaired) electrons. The number of rotatable bonds is 1. The Labute approximate surface area is 94.3 Å². The van der Waals surface area contributed by atoms with Crippen LogP contribution < -0.4 is 5.73 Å². The van der Waals surface area contributed by atoms with Crippen molar-refractivity contribution in [2.75, 3.05) is 0 Å². The standard InChI is InChI=1S/C10H9F3N2O2/c11-10(12,13)7-3-5-1-2-9(14,8(16)17)6(5)4-15-7/h3-4H,1-2,14H2,(H,16,17). The van der Waals surface area contributed by atoms with Gasteiger partial charge in [0, 0.05) is 11.8 Å². The van der Waals surface area contributed by atoms with Crippen molar-refractivity contribution in [3.8, 4) is 0 Å². The van der Waals surface area contributed by atoms with Crippen LogP contribution in [0, 0.1) is 0 Å². The second-order valence-electron chi connectivity index (χ2n) is 4.00. The number of nitrogens with zero attached hydrogens (tertiary/aromatic N) is 1. The molecule has 0 bridgehead atoms. The molecule has 1 atom stereocenters. The second-order valence-corrected chi connectivity index (χ2v) is 4.00. The third-order valence-electron chi connectivity index (χ3n) is 2.93. The van der Waals surface area contributed by atoms with Crippen molar-refractivity contribution >= 4 is 5.97 Å². The number of hydrogen-bond acceptors (Lipinski definition) is 3. The zero-order valence-corrected chi connectivity index (χ0v) is 8.58. The molecule has 92 valence electrons. The summed E-state index contributed by atoms with van der Waals surface area (Å²) in [7, 11) is 0. The Morgan fingerprint density at radius 3 is 2.71 bits per heavy atom. The minimum Gasteiger partial charge on any atom is -0.480 e. The molecule has 0 aliphatic heterocycles. The number of carboxylic acid groups (broad SMARTS) is 1. The maximum absolute atomic E-state index is 12.4. The molecule has 0 spiro atoms. The molecular weight excluding hydrogens is 237 g/mol. The van der Waals surface area contributed by atoms with Crippen molar-refractivity contribution < 1.29 is 23.1 Å². The highest BCUT2D eigenvalue weighted by atomic mass is 19.4.